The Bertz CT molecular complexity index is 681. The summed E-state index contributed by atoms with van der Waals surface area (Å²) in [5.41, 5.74) is 3.22. The first-order chi connectivity index (χ1) is 11.1. The van der Waals surface area contributed by atoms with Crippen LogP contribution in [0.4, 0.5) is 5.69 Å². The number of likely N-dealkylation sites (N-methyl/N-ethyl adjacent to an activating group) is 2. The minimum atomic E-state index is -0.0521. The van der Waals surface area contributed by atoms with Crippen LogP contribution in [0.3, 0.4) is 0 Å². The van der Waals surface area contributed by atoms with Crippen LogP contribution in [0.15, 0.2) is 40.7 Å². The van der Waals surface area contributed by atoms with Crippen molar-refractivity contribution in [2.24, 2.45) is 10.1 Å². The van der Waals surface area contributed by atoms with Crippen LogP contribution in [-0.2, 0) is 0 Å². The Hall–Kier alpha value is -2.70. The highest BCUT2D eigenvalue weighted by atomic mass is 15.6. The minimum Gasteiger partial charge on any atom is -0.358 e. The molecule has 1 aromatic heterocycles. The van der Waals surface area contributed by atoms with E-state index in [0.29, 0.717) is 0 Å². The van der Waals surface area contributed by atoms with E-state index in [0.717, 1.165) is 17.6 Å². The van der Waals surface area contributed by atoms with Crippen LogP contribution >= 0.6 is 0 Å². The van der Waals surface area contributed by atoms with Gasteiger partial charge in [0.2, 0.25) is 0 Å². The molecule has 120 valence electrons. The highest BCUT2D eigenvalue weighted by molar-refractivity contribution is 5.72. The van der Waals surface area contributed by atoms with Gasteiger partial charge in [-0.2, -0.15) is 5.10 Å². The zero-order valence-corrected chi connectivity index (χ0v) is 13.6. The van der Waals surface area contributed by atoms with E-state index in [1.54, 1.807) is 6.34 Å². The van der Waals surface area contributed by atoms with E-state index in [9.17, 15) is 0 Å². The standard InChI is InChI=1S/C16H21N7/c1-11-13-5-6-18-7-14(13)23-16(22(4)10-20-23)12(2)15(11)21(3)9-19-8-17/h5-11,15-17H,2H2,1,3-4H3. The van der Waals surface area contributed by atoms with Gasteiger partial charge in [0.25, 0.3) is 0 Å². The van der Waals surface area contributed by atoms with Crippen LogP contribution in [0, 0.1) is 5.41 Å². The van der Waals surface area contributed by atoms with Crippen LogP contribution in [0.5, 0.6) is 0 Å². The zero-order chi connectivity index (χ0) is 16.6. The first kappa shape index (κ1) is 15.2. The number of hydrogen-bond donors (Lipinski definition) is 1. The maximum absolute atomic E-state index is 7.10. The number of anilines is 1. The molecule has 0 aliphatic carbocycles. The molecule has 0 bridgehead atoms. The van der Waals surface area contributed by atoms with Gasteiger partial charge in [-0.05, 0) is 17.2 Å². The molecule has 0 spiro atoms. The number of pyridine rings is 1. The molecule has 3 heterocycles. The van der Waals surface area contributed by atoms with E-state index in [2.05, 4.69) is 28.6 Å². The van der Waals surface area contributed by atoms with Gasteiger partial charge in [0.15, 0.2) is 0 Å². The lowest BCUT2D eigenvalue weighted by Gasteiger charge is -2.35. The number of nitrogens with one attached hydrogen (secondary N) is 1. The minimum absolute atomic E-state index is 0.0407. The number of aromatic nitrogens is 1. The lowest BCUT2D eigenvalue weighted by Crippen LogP contribution is -2.45. The summed E-state index contributed by atoms with van der Waals surface area (Å²) in [5.74, 6) is 0.192. The number of rotatable bonds is 3. The summed E-state index contributed by atoms with van der Waals surface area (Å²) >= 11 is 0. The van der Waals surface area contributed by atoms with Gasteiger partial charge in [-0.15, -0.1) is 0 Å². The molecule has 2 aliphatic heterocycles. The summed E-state index contributed by atoms with van der Waals surface area (Å²) in [4.78, 5) is 12.3. The molecule has 2 aliphatic rings. The second-order valence-electron chi connectivity index (χ2n) is 5.92. The Labute approximate surface area is 136 Å². The fourth-order valence-electron chi connectivity index (χ4n) is 3.49. The molecular weight excluding hydrogens is 290 g/mol. The van der Waals surface area contributed by atoms with Gasteiger partial charge < -0.3 is 9.80 Å². The van der Waals surface area contributed by atoms with Crippen molar-refractivity contribution in [3.63, 3.8) is 0 Å². The summed E-state index contributed by atoms with van der Waals surface area (Å²) in [6.07, 6.45) is 8.14. The molecule has 3 atom stereocenters. The van der Waals surface area contributed by atoms with Gasteiger partial charge in [-0.25, -0.2) is 10.0 Å². The first-order valence-electron chi connectivity index (χ1n) is 7.48. The quantitative estimate of drug-likeness (QED) is 0.524. The Morgan fingerprint density at radius 1 is 1.48 bits per heavy atom. The second-order valence-corrected chi connectivity index (χ2v) is 5.92. The lowest BCUT2D eigenvalue weighted by atomic mass is 9.88. The Kier molecular flexibility index (Phi) is 3.85. The van der Waals surface area contributed by atoms with Crippen molar-refractivity contribution in [2.75, 3.05) is 19.1 Å². The van der Waals surface area contributed by atoms with Gasteiger partial charge in [0.05, 0.1) is 24.3 Å². The smallest absolute Gasteiger partial charge is 0.148 e. The van der Waals surface area contributed by atoms with Crippen molar-refractivity contribution >= 4 is 24.7 Å². The average molecular weight is 311 g/mol. The van der Waals surface area contributed by atoms with E-state index in [-0.39, 0.29) is 18.1 Å². The molecule has 7 heteroatoms. The molecule has 0 aromatic carbocycles. The van der Waals surface area contributed by atoms with E-state index in [1.165, 1.54) is 5.56 Å². The molecule has 7 nitrogen and oxygen atoms in total. The van der Waals surface area contributed by atoms with Crippen LogP contribution in [0.1, 0.15) is 18.4 Å². The van der Waals surface area contributed by atoms with Crippen molar-refractivity contribution in [3.05, 3.63) is 36.2 Å². The van der Waals surface area contributed by atoms with Gasteiger partial charge in [-0.1, -0.05) is 13.5 Å². The number of nitrogens with zero attached hydrogens (tertiary/aromatic N) is 6. The van der Waals surface area contributed by atoms with Crippen molar-refractivity contribution in [2.45, 2.75) is 25.0 Å². The monoisotopic (exact) mass is 311 g/mol. The molecule has 0 radical (unpaired) electrons. The van der Waals surface area contributed by atoms with Gasteiger partial charge in [0.1, 0.15) is 18.8 Å². The number of hydrazone groups is 1. The number of hydrogen-bond acceptors (Lipinski definition) is 5. The maximum Gasteiger partial charge on any atom is 0.148 e. The Morgan fingerprint density at radius 3 is 3.00 bits per heavy atom. The predicted octanol–water partition coefficient (Wildman–Crippen LogP) is 1.71. The van der Waals surface area contributed by atoms with Crippen LogP contribution in [-0.4, -0.2) is 60.1 Å². The third kappa shape index (κ3) is 2.38. The number of aliphatic imine (C=N–C) groups is 1. The van der Waals surface area contributed by atoms with Gasteiger partial charge in [-0.3, -0.25) is 10.4 Å². The summed E-state index contributed by atoms with van der Waals surface area (Å²) < 4.78 is 0. The fourth-order valence-corrected chi connectivity index (χ4v) is 3.49. The molecule has 0 saturated heterocycles. The van der Waals surface area contributed by atoms with Crippen molar-refractivity contribution in [3.8, 4) is 0 Å². The molecular formula is C16H21N7. The lowest BCUT2D eigenvalue weighted by molar-refractivity contribution is 0.333. The topological polar surface area (TPSA) is 71.2 Å². The highest BCUT2D eigenvalue weighted by Crippen LogP contribution is 2.41. The molecule has 0 amide bonds. The summed E-state index contributed by atoms with van der Waals surface area (Å²) in [7, 11) is 3.96. The first-order valence-corrected chi connectivity index (χ1v) is 7.48. The molecule has 23 heavy (non-hydrogen) atoms. The molecule has 0 saturated carbocycles. The van der Waals surface area contributed by atoms with Crippen LogP contribution in [0.25, 0.3) is 0 Å². The SMILES string of the molecule is C=C1C(N(C)C=NC=N)C(C)c2ccncc2N2N=CN(C)C12. The molecule has 0 fully saturated rings. The zero-order valence-electron chi connectivity index (χ0n) is 13.6. The van der Waals surface area contributed by atoms with Crippen LogP contribution < -0.4 is 5.01 Å². The fraction of sp³-hybridized carbons (Fsp3) is 0.375. The van der Waals surface area contributed by atoms with Gasteiger partial charge in [0, 0.05) is 26.2 Å². The average Bonchev–Trinajstić information content (AvgIpc) is 2.90. The molecule has 3 unspecified atom stereocenters. The molecule has 1 N–H and O–H groups in total. The van der Waals surface area contributed by atoms with E-state index < -0.39 is 0 Å². The van der Waals surface area contributed by atoms with E-state index >= 15 is 0 Å². The Balaban J connectivity index is 2.11. The van der Waals surface area contributed by atoms with Crippen molar-refractivity contribution in [1.82, 2.24) is 14.8 Å². The molecule has 1 aromatic rings. The summed E-state index contributed by atoms with van der Waals surface area (Å²) in [6.45, 7) is 6.54. The second kappa shape index (κ2) is 5.83. The predicted molar refractivity (Wildman–Crippen MR) is 93.1 cm³/mol. The molecule has 3 rings (SSSR count). The third-order valence-corrected chi connectivity index (χ3v) is 4.49. The van der Waals surface area contributed by atoms with Crippen molar-refractivity contribution in [1.29, 1.82) is 5.41 Å². The highest BCUT2D eigenvalue weighted by Gasteiger charge is 2.41. The van der Waals surface area contributed by atoms with Crippen molar-refractivity contribution < 1.29 is 0 Å². The normalized spacial score (nSPS) is 26.2. The van der Waals surface area contributed by atoms with E-state index in [1.807, 2.05) is 53.7 Å². The number of fused-ring (bicyclic) bond motifs is 3. The summed E-state index contributed by atoms with van der Waals surface area (Å²) in [5, 5.41) is 13.6. The Morgan fingerprint density at radius 2 is 2.26 bits per heavy atom. The maximum atomic E-state index is 7.10. The van der Waals surface area contributed by atoms with Gasteiger partial charge >= 0.3 is 0 Å². The summed E-state index contributed by atoms with van der Waals surface area (Å²) in [6, 6.07) is 2.08. The largest absolute Gasteiger partial charge is 0.358 e. The third-order valence-electron chi connectivity index (χ3n) is 4.49. The van der Waals surface area contributed by atoms with E-state index in [4.69, 9.17) is 5.41 Å². The van der Waals surface area contributed by atoms with Crippen LogP contribution in [0.2, 0.25) is 0 Å².